The van der Waals surface area contributed by atoms with Crippen molar-refractivity contribution >= 4 is 31.7 Å². The third kappa shape index (κ3) is 6.76. The van der Waals surface area contributed by atoms with Crippen LogP contribution in [0.4, 0.5) is 0 Å². The first-order valence-corrected chi connectivity index (χ1v) is 11.1. The molecule has 0 aromatic carbocycles. The maximum absolute atomic E-state index is 3.53. The third-order valence-corrected chi connectivity index (χ3v) is 3.12. The summed E-state index contributed by atoms with van der Waals surface area (Å²) < 4.78 is 0. The van der Waals surface area contributed by atoms with Gasteiger partial charge < -0.3 is 14.9 Å². The van der Waals surface area contributed by atoms with Crippen LogP contribution in [0.2, 0.25) is 0 Å². The molecule has 2 aliphatic carbocycles. The Morgan fingerprint density at radius 1 is 1.16 bits per heavy atom. The summed E-state index contributed by atoms with van der Waals surface area (Å²) in [7, 11) is 0. The molecule has 4 heteroatoms. The molecule has 0 spiro atoms. The van der Waals surface area contributed by atoms with Gasteiger partial charge >= 0.3 is 30.2 Å². The molecule has 0 saturated heterocycles. The molecule has 0 aliphatic heterocycles. The Bertz CT molecular complexity index is 382. The summed E-state index contributed by atoms with van der Waals surface area (Å²) >= 11 is 1.58. The zero-order valence-electron chi connectivity index (χ0n) is 12.5. The van der Waals surface area contributed by atoms with Crippen LogP contribution in [0.5, 0.6) is 0 Å². The van der Waals surface area contributed by atoms with Gasteiger partial charge in [-0.15, -0.1) is 31.7 Å². The summed E-state index contributed by atoms with van der Waals surface area (Å²) in [6.45, 7) is 8.53. The fourth-order valence-electron chi connectivity index (χ4n) is 1.99. The standard InChI is InChI=1S/C13H15.2CH3.2ClH.H2Si.Zr/c1-9-8-13(11(3)10(9)2)12-6-4-5-7-12;;;;;;/h4-6,13H,7H2,1-3H3;2*1H3;2*1H;1H2;/q3*-1;;;;. The third-order valence-electron chi connectivity index (χ3n) is 3.12. The number of hydrogen-bond donors (Lipinski definition) is 0. The predicted octanol–water partition coefficient (Wildman–Crippen LogP) is 4.41. The average Bonchev–Trinajstić information content (AvgIpc) is 2.86. The van der Waals surface area contributed by atoms with E-state index in [-0.39, 0.29) is 39.7 Å². The van der Waals surface area contributed by atoms with Gasteiger partial charge in [-0.3, -0.25) is 6.08 Å². The molecule has 2 rings (SSSR count). The van der Waals surface area contributed by atoms with Crippen LogP contribution in [-0.2, 0) is 23.3 Å². The molecule has 0 amide bonds. The summed E-state index contributed by atoms with van der Waals surface area (Å²) in [5.41, 5.74) is 5.73. The number of rotatable bonds is 1. The second-order valence-electron chi connectivity index (χ2n) is 3.88. The predicted molar refractivity (Wildman–Crippen MR) is 92.0 cm³/mol. The van der Waals surface area contributed by atoms with Crippen molar-refractivity contribution in [3.8, 4) is 0 Å². The Morgan fingerprint density at radius 3 is 2.00 bits per heavy atom. The normalized spacial score (nSPS) is 18.5. The molecule has 0 N–H and O–H groups in total. The van der Waals surface area contributed by atoms with Gasteiger partial charge in [-0.25, -0.2) is 5.57 Å². The molecule has 1 unspecified atom stereocenters. The Hall–Kier alpha value is 0.640. The first-order valence-electron chi connectivity index (χ1n) is 5.19. The van der Waals surface area contributed by atoms with Crippen molar-refractivity contribution in [2.24, 2.45) is 5.92 Å². The van der Waals surface area contributed by atoms with Crippen molar-refractivity contribution in [1.82, 2.24) is 0 Å². The van der Waals surface area contributed by atoms with Crippen LogP contribution >= 0.6 is 24.8 Å². The number of hydrogen-bond acceptors (Lipinski definition) is 0. The summed E-state index contributed by atoms with van der Waals surface area (Å²) in [6, 6.07) is 0. The van der Waals surface area contributed by atoms with E-state index in [0.29, 0.717) is 5.92 Å². The molecule has 0 bridgehead atoms. The molecule has 0 aromatic heterocycles. The van der Waals surface area contributed by atoms with Crippen LogP contribution in [-0.4, -0.2) is 6.88 Å². The van der Waals surface area contributed by atoms with E-state index in [0.717, 1.165) is 6.42 Å². The van der Waals surface area contributed by atoms with Gasteiger partial charge in [-0.1, -0.05) is 43.6 Å². The van der Waals surface area contributed by atoms with E-state index >= 15 is 0 Å². The molecule has 0 aromatic rings. The van der Waals surface area contributed by atoms with Gasteiger partial charge in [0.05, 0.1) is 0 Å². The monoisotopic (exact) mass is 393 g/mol. The Kier molecular flexibility index (Phi) is 20.0. The van der Waals surface area contributed by atoms with E-state index in [2.05, 4.69) is 45.1 Å². The SMILES string of the molecule is CC1=[C-]C(C2=CC=CC2)C(C)=C1C.Cl.Cl.[CH3-].[CH3-].[SiH2]=[Zr]. The Labute approximate surface area is 148 Å². The van der Waals surface area contributed by atoms with E-state index in [1.807, 2.05) is 6.88 Å². The van der Waals surface area contributed by atoms with Crippen LogP contribution in [0.3, 0.4) is 0 Å². The van der Waals surface area contributed by atoms with E-state index in [9.17, 15) is 0 Å². The van der Waals surface area contributed by atoms with Gasteiger partial charge in [0.2, 0.25) is 0 Å². The van der Waals surface area contributed by atoms with Gasteiger partial charge in [-0.05, 0) is 6.42 Å². The van der Waals surface area contributed by atoms with Crippen LogP contribution in [0.15, 0.2) is 40.5 Å². The van der Waals surface area contributed by atoms with Gasteiger partial charge in [-0.2, -0.15) is 11.1 Å². The molecule has 0 radical (unpaired) electrons. The molecule has 1 atom stereocenters. The zero-order valence-corrected chi connectivity index (χ0v) is 18.0. The average molecular weight is 396 g/mol. The van der Waals surface area contributed by atoms with E-state index in [1.165, 1.54) is 22.3 Å². The van der Waals surface area contributed by atoms with Crippen molar-refractivity contribution in [3.63, 3.8) is 0 Å². The summed E-state index contributed by atoms with van der Waals surface area (Å²) in [5, 5.41) is 0. The van der Waals surface area contributed by atoms with Crippen molar-refractivity contribution < 1.29 is 23.3 Å². The minimum atomic E-state index is 0. The topological polar surface area (TPSA) is 0 Å². The fourth-order valence-corrected chi connectivity index (χ4v) is 1.99. The van der Waals surface area contributed by atoms with Crippen molar-refractivity contribution in [3.05, 3.63) is 61.4 Å². The summed E-state index contributed by atoms with van der Waals surface area (Å²) in [5.74, 6) is 0.468. The maximum atomic E-state index is 3.53. The number of allylic oxidation sites excluding steroid dienone is 8. The quantitative estimate of drug-likeness (QED) is 0.456. The van der Waals surface area contributed by atoms with Gasteiger partial charge in [0.1, 0.15) is 0 Å². The van der Waals surface area contributed by atoms with E-state index < -0.39 is 0 Å². The van der Waals surface area contributed by atoms with Crippen LogP contribution < -0.4 is 0 Å². The molecule has 2 aliphatic rings. The minimum absolute atomic E-state index is 0. The Morgan fingerprint density at radius 2 is 1.68 bits per heavy atom. The first-order chi connectivity index (χ1) is 7.20. The van der Waals surface area contributed by atoms with E-state index in [4.69, 9.17) is 0 Å². The van der Waals surface area contributed by atoms with Crippen molar-refractivity contribution in [2.45, 2.75) is 27.2 Å². The second kappa shape index (κ2) is 13.6. The molecular weight excluding hydrogens is 370 g/mol. The van der Waals surface area contributed by atoms with Gasteiger partial charge in [0, 0.05) is 0 Å². The molecule has 19 heavy (non-hydrogen) atoms. The van der Waals surface area contributed by atoms with Crippen LogP contribution in [0, 0.1) is 26.8 Å². The molecule has 110 valence electrons. The fraction of sp³-hybridized carbons (Fsp3) is 0.333. The summed E-state index contributed by atoms with van der Waals surface area (Å²) in [4.78, 5) is 0. The summed E-state index contributed by atoms with van der Waals surface area (Å²) in [6.07, 6.45) is 11.2. The second-order valence-corrected chi connectivity index (χ2v) is 3.88. The molecule has 0 heterocycles. The molecule has 0 nitrogen and oxygen atoms in total. The van der Waals surface area contributed by atoms with Gasteiger partial charge in [0.25, 0.3) is 0 Å². The van der Waals surface area contributed by atoms with Crippen molar-refractivity contribution in [2.75, 3.05) is 0 Å². The molecular formula is C15H25Cl2SiZr-3. The molecule has 0 saturated carbocycles. The first kappa shape index (κ1) is 27.9. The Balaban J connectivity index is -0.000000179. The van der Waals surface area contributed by atoms with Crippen LogP contribution in [0.25, 0.3) is 0 Å². The number of halogens is 2. The van der Waals surface area contributed by atoms with Crippen molar-refractivity contribution in [1.29, 1.82) is 0 Å². The van der Waals surface area contributed by atoms with Crippen LogP contribution in [0.1, 0.15) is 27.2 Å². The molecule has 0 fully saturated rings. The zero-order chi connectivity index (χ0) is 11.4. The van der Waals surface area contributed by atoms with Gasteiger partial charge in [0.15, 0.2) is 0 Å². The van der Waals surface area contributed by atoms with E-state index in [1.54, 1.807) is 23.3 Å².